The summed E-state index contributed by atoms with van der Waals surface area (Å²) in [6.07, 6.45) is 1.49. The highest BCUT2D eigenvalue weighted by Gasteiger charge is 2.07. The molecule has 0 saturated heterocycles. The van der Waals surface area contributed by atoms with Crippen LogP contribution in [0, 0.1) is 11.7 Å². The zero-order chi connectivity index (χ0) is 14.0. The van der Waals surface area contributed by atoms with Crippen LogP contribution in [-0.4, -0.2) is 33.3 Å². The summed E-state index contributed by atoms with van der Waals surface area (Å²) >= 11 is 8.28. The predicted molar refractivity (Wildman–Crippen MR) is 77.5 cm³/mol. The number of nitrogens with zero attached hydrogens (tertiary/aromatic N) is 3. The van der Waals surface area contributed by atoms with Crippen molar-refractivity contribution in [3.63, 3.8) is 0 Å². The molecule has 19 heavy (non-hydrogen) atoms. The van der Waals surface area contributed by atoms with E-state index < -0.39 is 0 Å². The van der Waals surface area contributed by atoms with Crippen molar-refractivity contribution in [3.05, 3.63) is 32.8 Å². The van der Waals surface area contributed by atoms with Gasteiger partial charge < -0.3 is 9.84 Å². The molecular formula is C11H11BrN4O2S. The lowest BCUT2D eigenvalue weighted by Gasteiger charge is -2.05. The number of aromatic hydroxyl groups is 1. The maximum atomic E-state index is 9.93. The van der Waals surface area contributed by atoms with Crippen molar-refractivity contribution in [2.45, 2.75) is 6.92 Å². The Balaban J connectivity index is 2.44. The van der Waals surface area contributed by atoms with Gasteiger partial charge in [-0.2, -0.15) is 14.9 Å². The quantitative estimate of drug-likeness (QED) is 0.664. The molecule has 2 rings (SSSR count). The highest BCUT2D eigenvalue weighted by Crippen LogP contribution is 2.31. The van der Waals surface area contributed by atoms with E-state index in [1.54, 1.807) is 26.2 Å². The van der Waals surface area contributed by atoms with Gasteiger partial charge >= 0.3 is 0 Å². The van der Waals surface area contributed by atoms with Crippen LogP contribution in [0.2, 0.25) is 0 Å². The van der Waals surface area contributed by atoms with E-state index in [1.807, 2.05) is 0 Å². The number of hydrogen-bond acceptors (Lipinski definition) is 5. The molecule has 1 heterocycles. The van der Waals surface area contributed by atoms with Gasteiger partial charge in [-0.15, -0.1) is 0 Å². The van der Waals surface area contributed by atoms with Crippen LogP contribution in [0.5, 0.6) is 11.5 Å². The predicted octanol–water partition coefficient (Wildman–Crippen LogP) is 2.61. The van der Waals surface area contributed by atoms with Gasteiger partial charge in [0, 0.05) is 5.56 Å². The normalized spacial score (nSPS) is 11.1. The summed E-state index contributed by atoms with van der Waals surface area (Å²) in [6, 6.07) is 3.34. The van der Waals surface area contributed by atoms with Crippen LogP contribution in [0.3, 0.4) is 0 Å². The van der Waals surface area contributed by atoms with E-state index in [-0.39, 0.29) is 5.75 Å². The molecular weight excluding hydrogens is 332 g/mol. The topological polar surface area (TPSA) is 75.4 Å². The zero-order valence-electron chi connectivity index (χ0n) is 10.2. The van der Waals surface area contributed by atoms with Gasteiger partial charge in [-0.25, -0.2) is 0 Å². The average molecular weight is 343 g/mol. The van der Waals surface area contributed by atoms with Crippen molar-refractivity contribution in [2.75, 3.05) is 7.11 Å². The molecule has 0 atom stereocenters. The molecule has 1 aromatic heterocycles. The monoisotopic (exact) mass is 342 g/mol. The maximum absolute atomic E-state index is 9.93. The second kappa shape index (κ2) is 5.54. The largest absolute Gasteiger partial charge is 0.506 e. The van der Waals surface area contributed by atoms with Crippen molar-refractivity contribution in [2.24, 2.45) is 5.10 Å². The number of H-pyrrole nitrogens is 1. The summed E-state index contributed by atoms with van der Waals surface area (Å²) in [4.78, 5) is 0. The minimum atomic E-state index is 0.0808. The molecule has 0 bridgehead atoms. The van der Waals surface area contributed by atoms with Gasteiger partial charge in [-0.05, 0) is 47.2 Å². The molecule has 0 radical (unpaired) electrons. The SMILES string of the molecule is COc1cc(Br)c(O)c(/C=N\n2c(C)n[nH]c2=S)c1. The summed E-state index contributed by atoms with van der Waals surface area (Å²) < 4.78 is 7.50. The third-order valence-electron chi connectivity index (χ3n) is 2.43. The number of hydrogen-bond donors (Lipinski definition) is 2. The van der Waals surface area contributed by atoms with Crippen LogP contribution in [0.1, 0.15) is 11.4 Å². The van der Waals surface area contributed by atoms with Crippen LogP contribution in [0.4, 0.5) is 0 Å². The van der Waals surface area contributed by atoms with Crippen LogP contribution in [-0.2, 0) is 0 Å². The molecule has 0 amide bonds. The number of aryl methyl sites for hydroxylation is 1. The van der Waals surface area contributed by atoms with Gasteiger partial charge in [0.1, 0.15) is 17.3 Å². The minimum absolute atomic E-state index is 0.0808. The van der Waals surface area contributed by atoms with Crippen LogP contribution in [0.25, 0.3) is 0 Å². The molecule has 2 N–H and O–H groups in total. The van der Waals surface area contributed by atoms with Crippen LogP contribution in [0.15, 0.2) is 21.7 Å². The van der Waals surface area contributed by atoms with Crippen molar-refractivity contribution in [1.29, 1.82) is 0 Å². The van der Waals surface area contributed by atoms with E-state index in [1.165, 1.54) is 10.9 Å². The Kier molecular flexibility index (Phi) is 4.01. The molecule has 1 aromatic carbocycles. The lowest BCUT2D eigenvalue weighted by molar-refractivity contribution is 0.411. The highest BCUT2D eigenvalue weighted by atomic mass is 79.9. The first-order valence-corrected chi connectivity index (χ1v) is 6.48. The van der Waals surface area contributed by atoms with Crippen molar-refractivity contribution in [3.8, 4) is 11.5 Å². The van der Waals surface area contributed by atoms with E-state index in [9.17, 15) is 5.11 Å². The van der Waals surface area contributed by atoms with Gasteiger partial charge in [0.15, 0.2) is 0 Å². The number of aromatic nitrogens is 3. The van der Waals surface area contributed by atoms with E-state index in [2.05, 4.69) is 31.2 Å². The Bertz CT molecular complexity index is 692. The third-order valence-corrected chi connectivity index (χ3v) is 3.30. The molecule has 0 saturated carbocycles. The zero-order valence-corrected chi connectivity index (χ0v) is 12.6. The summed E-state index contributed by atoms with van der Waals surface area (Å²) in [7, 11) is 1.55. The number of halogens is 1. The average Bonchev–Trinajstić information content (AvgIpc) is 2.71. The molecule has 8 heteroatoms. The van der Waals surface area contributed by atoms with E-state index in [4.69, 9.17) is 17.0 Å². The second-order valence-electron chi connectivity index (χ2n) is 3.68. The standard InChI is InChI=1S/C11H11BrN4O2S/c1-6-14-15-11(19)16(6)13-5-7-3-8(18-2)4-9(12)10(7)17/h3-5,17H,1-2H3,(H,15,19)/b13-5-. The van der Waals surface area contributed by atoms with Gasteiger partial charge in [0.25, 0.3) is 0 Å². The van der Waals surface area contributed by atoms with Crippen molar-refractivity contribution in [1.82, 2.24) is 14.9 Å². The summed E-state index contributed by atoms with van der Waals surface area (Å²) in [5.74, 6) is 1.32. The Labute approximate surface area is 122 Å². The molecule has 0 aliphatic heterocycles. The fraction of sp³-hybridized carbons (Fsp3) is 0.182. The van der Waals surface area contributed by atoms with Crippen LogP contribution >= 0.6 is 28.1 Å². The Morgan fingerprint density at radius 3 is 2.89 bits per heavy atom. The van der Waals surface area contributed by atoms with Gasteiger partial charge in [-0.1, -0.05) is 0 Å². The fourth-order valence-corrected chi connectivity index (χ4v) is 2.12. The fourth-order valence-electron chi connectivity index (χ4n) is 1.44. The Hall–Kier alpha value is -1.67. The molecule has 0 aliphatic carbocycles. The molecule has 2 aromatic rings. The van der Waals surface area contributed by atoms with E-state index >= 15 is 0 Å². The molecule has 0 aliphatic rings. The summed E-state index contributed by atoms with van der Waals surface area (Å²) in [6.45, 7) is 1.77. The lowest BCUT2D eigenvalue weighted by atomic mass is 10.2. The number of aromatic amines is 1. The smallest absolute Gasteiger partial charge is 0.216 e. The maximum Gasteiger partial charge on any atom is 0.216 e. The second-order valence-corrected chi connectivity index (χ2v) is 4.92. The van der Waals surface area contributed by atoms with Gasteiger partial charge in [0.05, 0.1) is 17.8 Å². The number of nitrogens with one attached hydrogen (secondary N) is 1. The molecule has 0 unspecified atom stereocenters. The Morgan fingerprint density at radius 1 is 1.58 bits per heavy atom. The molecule has 6 nitrogen and oxygen atoms in total. The molecule has 100 valence electrons. The van der Waals surface area contributed by atoms with E-state index in [0.717, 1.165) is 0 Å². The van der Waals surface area contributed by atoms with Gasteiger partial charge in [0.2, 0.25) is 4.77 Å². The molecule has 0 fully saturated rings. The number of benzene rings is 1. The molecule has 0 spiro atoms. The van der Waals surface area contributed by atoms with Gasteiger partial charge in [-0.3, -0.25) is 5.10 Å². The summed E-state index contributed by atoms with van der Waals surface area (Å²) in [5.41, 5.74) is 0.508. The van der Waals surface area contributed by atoms with Crippen LogP contribution < -0.4 is 4.74 Å². The Morgan fingerprint density at radius 2 is 2.32 bits per heavy atom. The first-order valence-electron chi connectivity index (χ1n) is 5.28. The first kappa shape index (κ1) is 13.8. The number of ether oxygens (including phenoxy) is 1. The first-order chi connectivity index (χ1) is 9.02. The number of methoxy groups -OCH3 is 1. The van der Waals surface area contributed by atoms with Crippen molar-refractivity contribution < 1.29 is 9.84 Å². The summed E-state index contributed by atoms with van der Waals surface area (Å²) in [5, 5.41) is 20.7. The lowest BCUT2D eigenvalue weighted by Crippen LogP contribution is -1.95. The minimum Gasteiger partial charge on any atom is -0.506 e. The third kappa shape index (κ3) is 2.85. The van der Waals surface area contributed by atoms with E-state index in [0.29, 0.717) is 26.4 Å². The number of phenols is 1. The number of phenolic OH excluding ortho intramolecular Hbond substituents is 1. The van der Waals surface area contributed by atoms with Crippen molar-refractivity contribution >= 4 is 34.4 Å². The highest BCUT2D eigenvalue weighted by molar-refractivity contribution is 9.10. The number of rotatable bonds is 3.